The van der Waals surface area contributed by atoms with E-state index in [9.17, 15) is 4.79 Å². The van der Waals surface area contributed by atoms with E-state index in [-0.39, 0.29) is 5.91 Å². The maximum Gasteiger partial charge on any atom is 0.224 e. The van der Waals surface area contributed by atoms with Crippen molar-refractivity contribution in [1.29, 1.82) is 0 Å². The number of carbonyl (C=O) groups is 1. The fraction of sp³-hybridized carbons (Fsp3) is 0.214. The van der Waals surface area contributed by atoms with Crippen LogP contribution in [-0.4, -0.2) is 23.2 Å². The number of benzene rings is 1. The molecule has 0 aliphatic carbocycles. The Morgan fingerprint density at radius 2 is 1.95 bits per heavy atom. The standard InChI is InChI=1S/C14H13Br3N2OS/c15-10-6-11(16)14(12(17)7-10)21-4-3-19-13(20)5-9-1-2-18-8-9/h1-2,6-8,18H,3-5H2,(H,19,20). The molecule has 0 radical (unpaired) electrons. The average Bonchev–Trinajstić information content (AvgIpc) is 2.89. The van der Waals surface area contributed by atoms with Crippen LogP contribution in [0.3, 0.4) is 0 Å². The molecular weight excluding hydrogens is 484 g/mol. The summed E-state index contributed by atoms with van der Waals surface area (Å²) in [6.45, 7) is 0.642. The van der Waals surface area contributed by atoms with Crippen molar-refractivity contribution in [3.05, 3.63) is 49.6 Å². The molecule has 0 aliphatic heterocycles. The van der Waals surface area contributed by atoms with Crippen molar-refractivity contribution in [2.45, 2.75) is 11.3 Å². The first kappa shape index (κ1) is 17.1. The number of aromatic nitrogens is 1. The van der Waals surface area contributed by atoms with Crippen LogP contribution in [0.4, 0.5) is 0 Å². The van der Waals surface area contributed by atoms with E-state index in [1.54, 1.807) is 11.8 Å². The van der Waals surface area contributed by atoms with Crippen LogP contribution in [0.15, 0.2) is 48.9 Å². The third-order valence-electron chi connectivity index (χ3n) is 2.66. The van der Waals surface area contributed by atoms with Crippen LogP contribution >= 0.6 is 59.6 Å². The summed E-state index contributed by atoms with van der Waals surface area (Å²) >= 11 is 12.2. The molecule has 2 rings (SSSR count). The second-order valence-electron chi connectivity index (χ2n) is 4.29. The monoisotopic (exact) mass is 494 g/mol. The van der Waals surface area contributed by atoms with Gasteiger partial charge in [-0.2, -0.15) is 0 Å². The SMILES string of the molecule is O=C(Cc1cc[nH]c1)NCCSc1c(Br)cc(Br)cc1Br. The second kappa shape index (κ2) is 8.41. The largest absolute Gasteiger partial charge is 0.367 e. The zero-order valence-electron chi connectivity index (χ0n) is 11.0. The summed E-state index contributed by atoms with van der Waals surface area (Å²) in [6, 6.07) is 5.93. The number of nitrogens with one attached hydrogen (secondary N) is 2. The molecule has 2 aromatic rings. The molecule has 2 N–H and O–H groups in total. The van der Waals surface area contributed by atoms with Gasteiger partial charge in [0.1, 0.15) is 0 Å². The summed E-state index contributed by atoms with van der Waals surface area (Å²) < 4.78 is 3.09. The van der Waals surface area contributed by atoms with Crippen LogP contribution < -0.4 is 5.32 Å². The molecule has 0 saturated carbocycles. The minimum Gasteiger partial charge on any atom is -0.367 e. The van der Waals surface area contributed by atoms with E-state index in [1.807, 2.05) is 30.6 Å². The van der Waals surface area contributed by atoms with Crippen LogP contribution in [-0.2, 0) is 11.2 Å². The fourth-order valence-electron chi connectivity index (χ4n) is 1.73. The van der Waals surface area contributed by atoms with Gasteiger partial charge < -0.3 is 10.3 Å². The van der Waals surface area contributed by atoms with Gasteiger partial charge in [-0.25, -0.2) is 0 Å². The van der Waals surface area contributed by atoms with Crippen molar-refractivity contribution >= 4 is 65.5 Å². The van der Waals surface area contributed by atoms with Gasteiger partial charge in [-0.3, -0.25) is 4.79 Å². The Hall–Kier alpha value is -0.240. The number of hydrogen-bond donors (Lipinski definition) is 2. The summed E-state index contributed by atoms with van der Waals surface area (Å²) in [5.74, 6) is 0.863. The zero-order chi connectivity index (χ0) is 15.2. The lowest BCUT2D eigenvalue weighted by Gasteiger charge is -2.09. The Morgan fingerprint density at radius 1 is 1.24 bits per heavy atom. The van der Waals surface area contributed by atoms with Crippen molar-refractivity contribution in [3.8, 4) is 0 Å². The van der Waals surface area contributed by atoms with Crippen molar-refractivity contribution < 1.29 is 4.79 Å². The predicted octanol–water partition coefficient (Wildman–Crippen LogP) is 4.75. The Morgan fingerprint density at radius 3 is 2.57 bits per heavy atom. The van der Waals surface area contributed by atoms with E-state index in [4.69, 9.17) is 0 Å². The third-order valence-corrected chi connectivity index (χ3v) is 6.03. The van der Waals surface area contributed by atoms with Gasteiger partial charge in [-0.15, -0.1) is 11.8 Å². The highest BCUT2D eigenvalue weighted by molar-refractivity contribution is 9.11. The van der Waals surface area contributed by atoms with Gasteiger partial charge in [0.15, 0.2) is 0 Å². The molecule has 1 amide bonds. The molecule has 7 heteroatoms. The highest BCUT2D eigenvalue weighted by Gasteiger charge is 2.08. The number of H-pyrrole nitrogens is 1. The molecular formula is C14H13Br3N2OS. The molecule has 112 valence electrons. The number of halogens is 3. The molecule has 1 heterocycles. The van der Waals surface area contributed by atoms with E-state index in [2.05, 4.69) is 58.1 Å². The fourth-order valence-corrected chi connectivity index (χ4v) is 5.47. The number of amides is 1. The van der Waals surface area contributed by atoms with E-state index in [0.717, 1.165) is 29.6 Å². The van der Waals surface area contributed by atoms with Gasteiger partial charge in [0.25, 0.3) is 0 Å². The lowest BCUT2D eigenvalue weighted by atomic mass is 10.2. The van der Waals surface area contributed by atoms with Gasteiger partial charge in [0.2, 0.25) is 5.91 Å². The minimum atomic E-state index is 0.0455. The first-order valence-corrected chi connectivity index (χ1v) is 9.58. The van der Waals surface area contributed by atoms with E-state index in [1.165, 1.54) is 0 Å². The zero-order valence-corrected chi connectivity index (χ0v) is 16.5. The van der Waals surface area contributed by atoms with E-state index < -0.39 is 0 Å². The molecule has 0 bridgehead atoms. The Balaban J connectivity index is 1.76. The molecule has 0 unspecified atom stereocenters. The van der Waals surface area contributed by atoms with Gasteiger partial charge in [-0.1, -0.05) is 15.9 Å². The summed E-state index contributed by atoms with van der Waals surface area (Å²) in [7, 11) is 0. The predicted molar refractivity (Wildman–Crippen MR) is 97.8 cm³/mol. The highest BCUT2D eigenvalue weighted by atomic mass is 79.9. The molecule has 0 aliphatic rings. The van der Waals surface area contributed by atoms with Gasteiger partial charge in [0, 0.05) is 43.0 Å². The van der Waals surface area contributed by atoms with Gasteiger partial charge in [-0.05, 0) is 55.6 Å². The highest BCUT2D eigenvalue weighted by Crippen LogP contribution is 2.36. The minimum absolute atomic E-state index is 0.0455. The molecule has 1 aromatic carbocycles. The molecule has 21 heavy (non-hydrogen) atoms. The first-order valence-electron chi connectivity index (χ1n) is 6.22. The van der Waals surface area contributed by atoms with Crippen LogP contribution in [0.25, 0.3) is 0 Å². The first-order chi connectivity index (χ1) is 10.1. The second-order valence-corrected chi connectivity index (χ2v) is 8.02. The Kier molecular flexibility index (Phi) is 6.85. The third kappa shape index (κ3) is 5.47. The number of hydrogen-bond acceptors (Lipinski definition) is 2. The van der Waals surface area contributed by atoms with Crippen LogP contribution in [0.5, 0.6) is 0 Å². The maximum absolute atomic E-state index is 11.7. The lowest BCUT2D eigenvalue weighted by molar-refractivity contribution is -0.120. The topological polar surface area (TPSA) is 44.9 Å². The van der Waals surface area contributed by atoms with Crippen molar-refractivity contribution in [2.75, 3.05) is 12.3 Å². The maximum atomic E-state index is 11.7. The molecule has 0 saturated heterocycles. The lowest BCUT2D eigenvalue weighted by Crippen LogP contribution is -2.27. The summed E-state index contributed by atoms with van der Waals surface area (Å²) in [5, 5.41) is 2.93. The quantitative estimate of drug-likeness (QED) is 0.447. The van der Waals surface area contributed by atoms with Gasteiger partial charge in [0.05, 0.1) is 6.42 Å². The summed E-state index contributed by atoms with van der Waals surface area (Å²) in [4.78, 5) is 15.8. The summed E-state index contributed by atoms with van der Waals surface area (Å²) in [5.41, 5.74) is 0.999. The smallest absolute Gasteiger partial charge is 0.224 e. The molecule has 0 atom stereocenters. The number of thioether (sulfide) groups is 1. The van der Waals surface area contributed by atoms with Crippen molar-refractivity contribution in [1.82, 2.24) is 10.3 Å². The van der Waals surface area contributed by atoms with Crippen LogP contribution in [0.2, 0.25) is 0 Å². The average molecular weight is 497 g/mol. The number of rotatable bonds is 6. The van der Waals surface area contributed by atoms with E-state index in [0.29, 0.717) is 13.0 Å². The number of carbonyl (C=O) groups excluding carboxylic acids is 1. The normalized spacial score (nSPS) is 10.6. The molecule has 1 aromatic heterocycles. The van der Waals surface area contributed by atoms with E-state index >= 15 is 0 Å². The van der Waals surface area contributed by atoms with Crippen molar-refractivity contribution in [2.24, 2.45) is 0 Å². The molecule has 3 nitrogen and oxygen atoms in total. The number of aromatic amines is 1. The van der Waals surface area contributed by atoms with Crippen molar-refractivity contribution in [3.63, 3.8) is 0 Å². The Labute approximate surface area is 153 Å². The van der Waals surface area contributed by atoms with Gasteiger partial charge >= 0.3 is 0 Å². The van der Waals surface area contributed by atoms with Crippen LogP contribution in [0, 0.1) is 0 Å². The Bertz CT molecular complexity index is 594. The molecule has 0 fully saturated rings. The molecule has 0 spiro atoms. The summed E-state index contributed by atoms with van der Waals surface area (Å²) in [6.07, 6.45) is 4.07. The van der Waals surface area contributed by atoms with Crippen LogP contribution in [0.1, 0.15) is 5.56 Å².